The van der Waals surface area contributed by atoms with Crippen molar-refractivity contribution in [3.8, 4) is 0 Å². The van der Waals surface area contributed by atoms with Crippen LogP contribution >= 0.6 is 11.3 Å². The molecule has 0 spiro atoms. The van der Waals surface area contributed by atoms with Crippen molar-refractivity contribution in [2.24, 2.45) is 7.05 Å². The molecule has 2 aromatic heterocycles. The van der Waals surface area contributed by atoms with Crippen molar-refractivity contribution in [3.05, 3.63) is 39.3 Å². The second kappa shape index (κ2) is 4.39. The van der Waals surface area contributed by atoms with Crippen LogP contribution in [0.1, 0.15) is 27.9 Å². The summed E-state index contributed by atoms with van der Waals surface area (Å²) in [6.07, 6.45) is 0. The van der Waals surface area contributed by atoms with Gasteiger partial charge in [-0.2, -0.15) is 5.10 Å². The molecule has 16 heavy (non-hydrogen) atoms. The summed E-state index contributed by atoms with van der Waals surface area (Å²) < 4.78 is 1.95. The second-order valence-electron chi connectivity index (χ2n) is 4.02. The molecule has 0 radical (unpaired) electrons. The number of aromatic nitrogens is 2. The third-order valence-electron chi connectivity index (χ3n) is 2.79. The molecule has 86 valence electrons. The van der Waals surface area contributed by atoms with Crippen molar-refractivity contribution in [1.82, 2.24) is 15.1 Å². The Morgan fingerprint density at radius 2 is 2.19 bits per heavy atom. The summed E-state index contributed by atoms with van der Waals surface area (Å²) in [6.45, 7) is 4.18. The monoisotopic (exact) mass is 235 g/mol. The first-order chi connectivity index (χ1) is 7.63. The molecule has 0 bridgehead atoms. The maximum absolute atomic E-state index is 4.40. The van der Waals surface area contributed by atoms with Crippen LogP contribution in [0.4, 0.5) is 0 Å². The summed E-state index contributed by atoms with van der Waals surface area (Å²) in [4.78, 5) is 1.37. The molecule has 0 aliphatic rings. The Labute approximate surface area is 100 Å². The molecule has 1 unspecified atom stereocenters. The Morgan fingerprint density at radius 3 is 2.62 bits per heavy atom. The number of hydrogen-bond acceptors (Lipinski definition) is 3. The lowest BCUT2D eigenvalue weighted by molar-refractivity contribution is 0.610. The topological polar surface area (TPSA) is 29.9 Å². The molecule has 0 saturated carbocycles. The summed E-state index contributed by atoms with van der Waals surface area (Å²) in [5, 5.41) is 9.90. The molecule has 0 saturated heterocycles. The average Bonchev–Trinajstić information content (AvgIpc) is 2.77. The van der Waals surface area contributed by atoms with E-state index in [-0.39, 0.29) is 6.04 Å². The normalized spacial score (nSPS) is 13.0. The van der Waals surface area contributed by atoms with Gasteiger partial charge in [0, 0.05) is 11.9 Å². The van der Waals surface area contributed by atoms with E-state index in [1.165, 1.54) is 16.1 Å². The molecule has 0 amide bonds. The smallest absolute Gasteiger partial charge is 0.0842 e. The van der Waals surface area contributed by atoms with Crippen LogP contribution in [0.2, 0.25) is 0 Å². The number of nitrogens with zero attached hydrogens (tertiary/aromatic N) is 2. The molecule has 2 heterocycles. The van der Waals surface area contributed by atoms with Gasteiger partial charge in [-0.15, -0.1) is 11.3 Å². The lowest BCUT2D eigenvalue weighted by Crippen LogP contribution is -2.20. The Hall–Kier alpha value is -1.13. The van der Waals surface area contributed by atoms with Crippen LogP contribution in [0.25, 0.3) is 0 Å². The van der Waals surface area contributed by atoms with E-state index in [0.29, 0.717) is 0 Å². The first kappa shape index (κ1) is 11.4. The molecule has 2 rings (SSSR count). The molecule has 4 heteroatoms. The standard InChI is InChI=1S/C12H17N3S/c1-8-5-6-16-12(8)11(13-3)10-7-9(2)14-15(10)4/h5-7,11,13H,1-4H3. The Balaban J connectivity index is 2.44. The second-order valence-corrected chi connectivity index (χ2v) is 4.97. The number of thiophene rings is 1. The van der Waals surface area contributed by atoms with Gasteiger partial charge < -0.3 is 5.32 Å². The molecule has 0 aliphatic carbocycles. The summed E-state index contributed by atoms with van der Waals surface area (Å²) in [5.41, 5.74) is 3.61. The quantitative estimate of drug-likeness (QED) is 0.885. The van der Waals surface area contributed by atoms with Crippen LogP contribution < -0.4 is 5.32 Å². The van der Waals surface area contributed by atoms with Crippen molar-refractivity contribution < 1.29 is 0 Å². The van der Waals surface area contributed by atoms with E-state index in [2.05, 4.69) is 34.9 Å². The minimum Gasteiger partial charge on any atom is -0.307 e. The molecule has 2 aromatic rings. The summed E-state index contributed by atoms with van der Waals surface area (Å²) >= 11 is 1.79. The summed E-state index contributed by atoms with van der Waals surface area (Å²) in [5.74, 6) is 0. The van der Waals surface area contributed by atoms with Gasteiger partial charge >= 0.3 is 0 Å². The minimum atomic E-state index is 0.242. The molecule has 3 nitrogen and oxygen atoms in total. The largest absolute Gasteiger partial charge is 0.307 e. The van der Waals surface area contributed by atoms with Crippen molar-refractivity contribution in [3.63, 3.8) is 0 Å². The zero-order valence-electron chi connectivity index (χ0n) is 10.1. The zero-order chi connectivity index (χ0) is 11.7. The summed E-state index contributed by atoms with van der Waals surface area (Å²) in [7, 11) is 3.99. The van der Waals surface area contributed by atoms with E-state index in [4.69, 9.17) is 0 Å². The van der Waals surface area contributed by atoms with Crippen LogP contribution in [0.3, 0.4) is 0 Å². The van der Waals surface area contributed by atoms with Gasteiger partial charge in [0.2, 0.25) is 0 Å². The van der Waals surface area contributed by atoms with E-state index >= 15 is 0 Å². The fourth-order valence-electron chi connectivity index (χ4n) is 1.99. The highest BCUT2D eigenvalue weighted by molar-refractivity contribution is 7.10. The van der Waals surface area contributed by atoms with Crippen molar-refractivity contribution in [2.75, 3.05) is 7.05 Å². The molecular weight excluding hydrogens is 218 g/mol. The van der Waals surface area contributed by atoms with Gasteiger partial charge in [-0.25, -0.2) is 0 Å². The SMILES string of the molecule is CNC(c1sccc1C)c1cc(C)nn1C. The van der Waals surface area contributed by atoms with Crippen LogP contribution in [0.15, 0.2) is 17.5 Å². The van der Waals surface area contributed by atoms with Crippen LogP contribution in [-0.4, -0.2) is 16.8 Å². The molecule has 0 aliphatic heterocycles. The predicted octanol–water partition coefficient (Wildman–Crippen LogP) is 2.41. The molecule has 1 atom stereocenters. The fourth-order valence-corrected chi connectivity index (χ4v) is 3.04. The van der Waals surface area contributed by atoms with Crippen molar-refractivity contribution in [2.45, 2.75) is 19.9 Å². The third kappa shape index (κ3) is 1.90. The predicted molar refractivity (Wildman–Crippen MR) is 67.9 cm³/mol. The van der Waals surface area contributed by atoms with Crippen LogP contribution in [0, 0.1) is 13.8 Å². The van der Waals surface area contributed by atoms with Crippen LogP contribution in [0.5, 0.6) is 0 Å². The van der Waals surface area contributed by atoms with Gasteiger partial charge in [0.15, 0.2) is 0 Å². The van der Waals surface area contributed by atoms with Gasteiger partial charge in [-0.3, -0.25) is 4.68 Å². The van der Waals surface area contributed by atoms with Crippen LogP contribution in [-0.2, 0) is 7.05 Å². The van der Waals surface area contributed by atoms with E-state index in [1.54, 1.807) is 11.3 Å². The number of hydrogen-bond donors (Lipinski definition) is 1. The fraction of sp³-hybridized carbons (Fsp3) is 0.417. The molecule has 1 N–H and O–H groups in total. The van der Waals surface area contributed by atoms with Gasteiger partial charge in [-0.1, -0.05) is 0 Å². The maximum Gasteiger partial charge on any atom is 0.0842 e. The van der Waals surface area contributed by atoms with Crippen molar-refractivity contribution >= 4 is 11.3 Å². The van der Waals surface area contributed by atoms with E-state index in [9.17, 15) is 0 Å². The van der Waals surface area contributed by atoms with Crippen molar-refractivity contribution in [1.29, 1.82) is 0 Å². The first-order valence-corrected chi connectivity index (χ1v) is 6.23. The number of aryl methyl sites for hydroxylation is 3. The van der Waals surface area contributed by atoms with Gasteiger partial charge in [0.25, 0.3) is 0 Å². The highest BCUT2D eigenvalue weighted by atomic mass is 32.1. The number of nitrogens with one attached hydrogen (secondary N) is 1. The van der Waals surface area contributed by atoms with Gasteiger partial charge in [0.05, 0.1) is 17.4 Å². The first-order valence-electron chi connectivity index (χ1n) is 5.35. The highest BCUT2D eigenvalue weighted by Crippen LogP contribution is 2.29. The average molecular weight is 235 g/mol. The molecule has 0 fully saturated rings. The summed E-state index contributed by atoms with van der Waals surface area (Å²) in [6, 6.07) is 4.54. The van der Waals surface area contributed by atoms with E-state index < -0.39 is 0 Å². The maximum atomic E-state index is 4.40. The Bertz CT molecular complexity index is 484. The van der Waals surface area contributed by atoms with E-state index in [0.717, 1.165) is 5.69 Å². The zero-order valence-corrected chi connectivity index (χ0v) is 10.9. The lowest BCUT2D eigenvalue weighted by Gasteiger charge is -2.16. The Kier molecular flexibility index (Phi) is 3.12. The molecule has 0 aromatic carbocycles. The highest BCUT2D eigenvalue weighted by Gasteiger charge is 2.19. The Morgan fingerprint density at radius 1 is 1.44 bits per heavy atom. The third-order valence-corrected chi connectivity index (χ3v) is 3.87. The minimum absolute atomic E-state index is 0.242. The van der Waals surface area contributed by atoms with Gasteiger partial charge in [0.1, 0.15) is 0 Å². The molecular formula is C12H17N3S. The van der Waals surface area contributed by atoms with Gasteiger partial charge in [-0.05, 0) is 44.0 Å². The van der Waals surface area contributed by atoms with E-state index in [1.807, 2.05) is 25.7 Å². The number of rotatable bonds is 3. The lowest BCUT2D eigenvalue weighted by atomic mass is 10.1.